The van der Waals surface area contributed by atoms with Gasteiger partial charge in [-0.05, 0) is 36.6 Å². The molecule has 1 heterocycles. The van der Waals surface area contributed by atoms with Crippen LogP contribution in [0.3, 0.4) is 0 Å². The van der Waals surface area contributed by atoms with Crippen LogP contribution in [0, 0.1) is 0 Å². The molecule has 0 aromatic heterocycles. The molecule has 0 unspecified atom stereocenters. The number of hydrogen-bond acceptors (Lipinski definition) is 2. The van der Waals surface area contributed by atoms with E-state index in [2.05, 4.69) is 5.32 Å². The number of fused-ring (bicyclic) bond motifs is 1. The molecule has 4 nitrogen and oxygen atoms in total. The van der Waals surface area contributed by atoms with Gasteiger partial charge in [0.15, 0.2) is 0 Å². The van der Waals surface area contributed by atoms with Gasteiger partial charge in [-0.3, -0.25) is 9.59 Å². The van der Waals surface area contributed by atoms with E-state index in [1.165, 1.54) is 12.8 Å². The van der Waals surface area contributed by atoms with Crippen molar-refractivity contribution >= 4 is 17.5 Å². The van der Waals surface area contributed by atoms with Gasteiger partial charge in [-0.1, -0.05) is 12.8 Å². The van der Waals surface area contributed by atoms with E-state index in [9.17, 15) is 9.59 Å². The monoisotopic (exact) mass is 258 g/mol. The fourth-order valence-corrected chi connectivity index (χ4v) is 2.95. The van der Waals surface area contributed by atoms with Gasteiger partial charge >= 0.3 is 0 Å². The van der Waals surface area contributed by atoms with Gasteiger partial charge in [0.1, 0.15) is 0 Å². The van der Waals surface area contributed by atoms with Crippen LogP contribution in [-0.2, 0) is 11.2 Å². The van der Waals surface area contributed by atoms with Gasteiger partial charge < -0.3 is 10.2 Å². The van der Waals surface area contributed by atoms with E-state index in [1.807, 2.05) is 12.1 Å². The Morgan fingerprint density at radius 2 is 2.05 bits per heavy atom. The molecule has 1 aliphatic carbocycles. The summed E-state index contributed by atoms with van der Waals surface area (Å²) < 4.78 is 0. The Labute approximate surface area is 112 Å². The van der Waals surface area contributed by atoms with Gasteiger partial charge in [0, 0.05) is 24.3 Å². The fourth-order valence-electron chi connectivity index (χ4n) is 2.95. The molecule has 19 heavy (non-hydrogen) atoms. The Balaban J connectivity index is 1.77. The number of rotatable bonds is 2. The van der Waals surface area contributed by atoms with Crippen LogP contribution in [0.15, 0.2) is 18.2 Å². The molecule has 1 aromatic rings. The Bertz CT molecular complexity index is 533. The quantitative estimate of drug-likeness (QED) is 0.880. The topological polar surface area (TPSA) is 49.4 Å². The number of anilines is 1. The first kappa shape index (κ1) is 12.2. The molecule has 0 bridgehead atoms. The zero-order valence-corrected chi connectivity index (χ0v) is 11.1. The maximum Gasteiger partial charge on any atom is 0.251 e. The largest absolute Gasteiger partial charge is 0.349 e. The molecule has 3 rings (SSSR count). The van der Waals surface area contributed by atoms with Crippen LogP contribution in [0.5, 0.6) is 0 Å². The predicted octanol–water partition coefficient (Wildman–Crippen LogP) is 1.88. The van der Waals surface area contributed by atoms with Crippen molar-refractivity contribution in [2.75, 3.05) is 11.9 Å². The Morgan fingerprint density at radius 1 is 1.32 bits per heavy atom. The number of carbonyl (C=O) groups excluding carboxylic acids is 2. The highest BCUT2D eigenvalue weighted by Crippen LogP contribution is 2.28. The predicted molar refractivity (Wildman–Crippen MR) is 73.3 cm³/mol. The van der Waals surface area contributed by atoms with Crippen LogP contribution in [0.4, 0.5) is 5.69 Å². The van der Waals surface area contributed by atoms with Crippen molar-refractivity contribution in [3.8, 4) is 0 Å². The van der Waals surface area contributed by atoms with E-state index in [-0.39, 0.29) is 11.8 Å². The van der Waals surface area contributed by atoms with Crippen LogP contribution in [-0.4, -0.2) is 24.9 Å². The van der Waals surface area contributed by atoms with Crippen LogP contribution in [0.1, 0.15) is 41.6 Å². The third kappa shape index (κ3) is 2.23. The second-order valence-electron chi connectivity index (χ2n) is 5.43. The minimum Gasteiger partial charge on any atom is -0.349 e. The van der Waals surface area contributed by atoms with E-state index in [4.69, 9.17) is 0 Å². The Morgan fingerprint density at radius 3 is 2.79 bits per heavy atom. The molecule has 0 saturated heterocycles. The molecular formula is C15H18N2O2. The molecule has 1 fully saturated rings. The van der Waals surface area contributed by atoms with E-state index >= 15 is 0 Å². The standard InChI is InChI=1S/C15H18N2O2/c1-17-13-7-6-10(8-11(13)9-14(17)18)15(19)16-12-4-2-3-5-12/h6-8,12H,2-5,9H2,1H3,(H,16,19). The van der Waals surface area contributed by atoms with Crippen LogP contribution in [0.2, 0.25) is 0 Å². The van der Waals surface area contributed by atoms with Crippen LogP contribution in [0.25, 0.3) is 0 Å². The van der Waals surface area contributed by atoms with Crippen molar-refractivity contribution in [2.45, 2.75) is 38.1 Å². The lowest BCUT2D eigenvalue weighted by Gasteiger charge is -2.13. The highest BCUT2D eigenvalue weighted by atomic mass is 16.2. The highest BCUT2D eigenvalue weighted by Gasteiger charge is 2.25. The molecule has 1 N–H and O–H groups in total. The van der Waals surface area contributed by atoms with E-state index < -0.39 is 0 Å². The molecule has 1 aromatic carbocycles. The molecule has 0 spiro atoms. The SMILES string of the molecule is CN1C(=O)Cc2cc(C(=O)NC3CCCC3)ccc21. The third-order valence-corrected chi connectivity index (χ3v) is 4.11. The summed E-state index contributed by atoms with van der Waals surface area (Å²) in [4.78, 5) is 25.4. The normalized spacial score (nSPS) is 18.8. The second-order valence-corrected chi connectivity index (χ2v) is 5.43. The summed E-state index contributed by atoms with van der Waals surface area (Å²) in [6.45, 7) is 0. The van der Waals surface area contributed by atoms with E-state index in [1.54, 1.807) is 18.0 Å². The maximum atomic E-state index is 12.2. The third-order valence-electron chi connectivity index (χ3n) is 4.11. The molecule has 1 saturated carbocycles. The summed E-state index contributed by atoms with van der Waals surface area (Å²) >= 11 is 0. The second kappa shape index (κ2) is 4.68. The first-order chi connectivity index (χ1) is 9.15. The zero-order chi connectivity index (χ0) is 13.4. The summed E-state index contributed by atoms with van der Waals surface area (Å²) in [5.41, 5.74) is 2.53. The summed E-state index contributed by atoms with van der Waals surface area (Å²) in [5, 5.41) is 3.07. The molecule has 1 aliphatic heterocycles. The molecule has 2 aliphatic rings. The van der Waals surface area contributed by atoms with Gasteiger partial charge in [0.25, 0.3) is 5.91 Å². The molecular weight excluding hydrogens is 240 g/mol. The van der Waals surface area contributed by atoms with Crippen molar-refractivity contribution in [2.24, 2.45) is 0 Å². The van der Waals surface area contributed by atoms with Crippen LogP contribution >= 0.6 is 0 Å². The number of amides is 2. The van der Waals surface area contributed by atoms with Gasteiger partial charge in [0.2, 0.25) is 5.91 Å². The van der Waals surface area contributed by atoms with Gasteiger partial charge in [-0.25, -0.2) is 0 Å². The Hall–Kier alpha value is -1.84. The van der Waals surface area contributed by atoms with E-state index in [0.717, 1.165) is 24.1 Å². The summed E-state index contributed by atoms with van der Waals surface area (Å²) in [5.74, 6) is 0.0695. The molecule has 4 heteroatoms. The molecule has 100 valence electrons. The molecule has 0 atom stereocenters. The average molecular weight is 258 g/mol. The number of carbonyl (C=O) groups is 2. The first-order valence-corrected chi connectivity index (χ1v) is 6.85. The number of nitrogens with one attached hydrogen (secondary N) is 1. The minimum atomic E-state index is -0.0169. The highest BCUT2D eigenvalue weighted by molar-refractivity contribution is 6.03. The lowest BCUT2D eigenvalue weighted by Crippen LogP contribution is -2.32. The van der Waals surface area contributed by atoms with Gasteiger partial charge in [-0.2, -0.15) is 0 Å². The average Bonchev–Trinajstić information content (AvgIpc) is 2.99. The van der Waals surface area contributed by atoms with E-state index in [0.29, 0.717) is 18.0 Å². The van der Waals surface area contributed by atoms with Crippen molar-refractivity contribution < 1.29 is 9.59 Å². The number of hydrogen-bond donors (Lipinski definition) is 1. The summed E-state index contributed by atoms with van der Waals surface area (Å²) in [6.07, 6.45) is 4.97. The molecule has 2 amide bonds. The van der Waals surface area contributed by atoms with Crippen molar-refractivity contribution in [3.05, 3.63) is 29.3 Å². The summed E-state index contributed by atoms with van der Waals surface area (Å²) in [6, 6.07) is 5.84. The molecule has 0 radical (unpaired) electrons. The maximum absolute atomic E-state index is 12.2. The minimum absolute atomic E-state index is 0.0169. The number of benzene rings is 1. The lowest BCUT2D eigenvalue weighted by molar-refractivity contribution is -0.117. The van der Waals surface area contributed by atoms with Crippen molar-refractivity contribution in [3.63, 3.8) is 0 Å². The Kier molecular flexibility index (Phi) is 3.01. The van der Waals surface area contributed by atoms with Gasteiger partial charge in [0.05, 0.1) is 6.42 Å². The smallest absolute Gasteiger partial charge is 0.251 e. The van der Waals surface area contributed by atoms with Crippen molar-refractivity contribution in [1.82, 2.24) is 5.32 Å². The lowest BCUT2D eigenvalue weighted by atomic mass is 10.1. The fraction of sp³-hybridized carbons (Fsp3) is 0.467. The van der Waals surface area contributed by atoms with Gasteiger partial charge in [-0.15, -0.1) is 0 Å². The van der Waals surface area contributed by atoms with Crippen molar-refractivity contribution in [1.29, 1.82) is 0 Å². The number of nitrogens with zero attached hydrogens (tertiary/aromatic N) is 1. The first-order valence-electron chi connectivity index (χ1n) is 6.85. The summed E-state index contributed by atoms with van der Waals surface area (Å²) in [7, 11) is 1.77. The van der Waals surface area contributed by atoms with Crippen LogP contribution < -0.4 is 10.2 Å². The zero-order valence-electron chi connectivity index (χ0n) is 11.1. The number of likely N-dealkylation sites (N-methyl/N-ethyl adjacent to an activating group) is 1.